The van der Waals surface area contributed by atoms with E-state index in [0.717, 1.165) is 24.6 Å². The van der Waals surface area contributed by atoms with E-state index in [0.29, 0.717) is 6.54 Å². The van der Waals surface area contributed by atoms with Crippen molar-refractivity contribution in [2.45, 2.75) is 19.9 Å². The summed E-state index contributed by atoms with van der Waals surface area (Å²) in [5.41, 5.74) is 0.858. The quantitative estimate of drug-likeness (QED) is 0.806. The van der Waals surface area contributed by atoms with Crippen LogP contribution in [-0.2, 0) is 6.54 Å². The van der Waals surface area contributed by atoms with Gasteiger partial charge in [0.05, 0.1) is 0 Å². The molecule has 2 aromatic carbocycles. The zero-order valence-corrected chi connectivity index (χ0v) is 11.2. The van der Waals surface area contributed by atoms with E-state index in [9.17, 15) is 13.2 Å². The number of rotatable bonds is 5. The molecule has 0 aliphatic heterocycles. The predicted molar refractivity (Wildman–Crippen MR) is 73.7 cm³/mol. The van der Waals surface area contributed by atoms with E-state index < -0.39 is 17.5 Å². The molecule has 0 saturated carbocycles. The first-order valence-corrected chi connectivity index (χ1v) is 6.57. The summed E-state index contributed by atoms with van der Waals surface area (Å²) in [6.07, 6.45) is 0.993. The van der Waals surface area contributed by atoms with Crippen LogP contribution in [0.15, 0.2) is 36.4 Å². The van der Waals surface area contributed by atoms with Gasteiger partial charge in [-0.1, -0.05) is 25.1 Å². The average Bonchev–Trinajstić information content (AvgIpc) is 2.44. The normalized spacial score (nSPS) is 10.8. The Bertz CT molecular complexity index is 596. The Hall–Kier alpha value is -1.81. The van der Waals surface area contributed by atoms with Gasteiger partial charge in [0.1, 0.15) is 5.82 Å². The molecule has 0 aromatic heterocycles. The Kier molecular flexibility index (Phi) is 4.79. The number of benzene rings is 2. The highest BCUT2D eigenvalue weighted by Crippen LogP contribution is 2.27. The molecular formula is C16H16F3N. The molecule has 0 spiro atoms. The van der Waals surface area contributed by atoms with Crippen LogP contribution in [0.5, 0.6) is 0 Å². The predicted octanol–water partition coefficient (Wildman–Crippen LogP) is 4.27. The van der Waals surface area contributed by atoms with Crippen molar-refractivity contribution in [1.82, 2.24) is 5.32 Å². The number of nitrogens with one attached hydrogen (secondary N) is 1. The van der Waals surface area contributed by atoms with Crippen molar-refractivity contribution in [2.24, 2.45) is 0 Å². The maximum Gasteiger partial charge on any atom is 0.166 e. The standard InChI is InChI=1S/C16H16F3N/c1-2-8-20-10-11-6-7-14(17)13(9-11)12-4-3-5-15(18)16(12)19/h3-7,9,20H,2,8,10H2,1H3. The van der Waals surface area contributed by atoms with Crippen molar-refractivity contribution in [3.63, 3.8) is 0 Å². The maximum atomic E-state index is 13.8. The third-order valence-electron chi connectivity index (χ3n) is 3.03. The molecule has 0 amide bonds. The zero-order chi connectivity index (χ0) is 14.5. The zero-order valence-electron chi connectivity index (χ0n) is 11.2. The van der Waals surface area contributed by atoms with E-state index in [4.69, 9.17) is 0 Å². The van der Waals surface area contributed by atoms with Crippen LogP contribution in [0.25, 0.3) is 11.1 Å². The third kappa shape index (κ3) is 3.20. The minimum atomic E-state index is -1.02. The van der Waals surface area contributed by atoms with Crippen molar-refractivity contribution in [2.75, 3.05) is 6.54 Å². The summed E-state index contributed by atoms with van der Waals surface area (Å²) >= 11 is 0. The van der Waals surface area contributed by atoms with Crippen LogP contribution in [0.1, 0.15) is 18.9 Å². The van der Waals surface area contributed by atoms with Crippen molar-refractivity contribution in [3.05, 3.63) is 59.4 Å². The fourth-order valence-corrected chi connectivity index (χ4v) is 2.01. The molecule has 1 N–H and O–H groups in total. The fourth-order valence-electron chi connectivity index (χ4n) is 2.01. The molecular weight excluding hydrogens is 263 g/mol. The van der Waals surface area contributed by atoms with Gasteiger partial charge >= 0.3 is 0 Å². The molecule has 0 radical (unpaired) electrons. The van der Waals surface area contributed by atoms with Gasteiger partial charge in [0.25, 0.3) is 0 Å². The lowest BCUT2D eigenvalue weighted by molar-refractivity contribution is 0.510. The lowest BCUT2D eigenvalue weighted by atomic mass is 10.0. The number of hydrogen-bond acceptors (Lipinski definition) is 1. The van der Waals surface area contributed by atoms with E-state index in [1.165, 1.54) is 18.2 Å². The van der Waals surface area contributed by atoms with Crippen molar-refractivity contribution >= 4 is 0 Å². The van der Waals surface area contributed by atoms with Gasteiger partial charge < -0.3 is 5.32 Å². The molecule has 106 valence electrons. The minimum absolute atomic E-state index is 0.0557. The van der Waals surface area contributed by atoms with Crippen LogP contribution in [0, 0.1) is 17.5 Å². The van der Waals surface area contributed by atoms with Gasteiger partial charge in [0.15, 0.2) is 11.6 Å². The van der Waals surface area contributed by atoms with Crippen LogP contribution in [-0.4, -0.2) is 6.54 Å². The number of halogens is 3. The van der Waals surface area contributed by atoms with Crippen molar-refractivity contribution in [3.8, 4) is 11.1 Å². The fraction of sp³-hybridized carbons (Fsp3) is 0.250. The molecule has 0 aliphatic carbocycles. The van der Waals surface area contributed by atoms with Crippen LogP contribution >= 0.6 is 0 Å². The molecule has 2 rings (SSSR count). The topological polar surface area (TPSA) is 12.0 Å². The van der Waals surface area contributed by atoms with Crippen LogP contribution in [0.2, 0.25) is 0 Å². The van der Waals surface area contributed by atoms with Crippen LogP contribution in [0.3, 0.4) is 0 Å². The molecule has 2 aromatic rings. The maximum absolute atomic E-state index is 13.8. The Morgan fingerprint density at radius 1 is 0.950 bits per heavy atom. The summed E-state index contributed by atoms with van der Waals surface area (Å²) in [6, 6.07) is 8.23. The summed E-state index contributed by atoms with van der Waals surface area (Å²) in [7, 11) is 0. The second kappa shape index (κ2) is 6.57. The molecule has 1 nitrogen and oxygen atoms in total. The van der Waals surface area contributed by atoms with E-state index in [1.807, 2.05) is 6.92 Å². The highest BCUT2D eigenvalue weighted by atomic mass is 19.2. The Morgan fingerprint density at radius 3 is 2.50 bits per heavy atom. The Labute approximate surface area is 116 Å². The molecule has 4 heteroatoms. The summed E-state index contributed by atoms with van der Waals surface area (Å²) in [4.78, 5) is 0. The lowest BCUT2D eigenvalue weighted by Crippen LogP contribution is -2.13. The second-order valence-electron chi connectivity index (χ2n) is 4.59. The monoisotopic (exact) mass is 279 g/mol. The highest BCUT2D eigenvalue weighted by molar-refractivity contribution is 5.65. The second-order valence-corrected chi connectivity index (χ2v) is 4.59. The molecule has 20 heavy (non-hydrogen) atoms. The van der Waals surface area contributed by atoms with Crippen LogP contribution in [0.4, 0.5) is 13.2 Å². The first-order valence-electron chi connectivity index (χ1n) is 6.57. The van der Waals surface area contributed by atoms with Crippen LogP contribution < -0.4 is 5.32 Å². The van der Waals surface area contributed by atoms with Crippen molar-refractivity contribution < 1.29 is 13.2 Å². The molecule has 0 atom stereocenters. The van der Waals surface area contributed by atoms with E-state index >= 15 is 0 Å². The summed E-state index contributed by atoms with van der Waals surface area (Å²) in [5, 5.41) is 3.19. The SMILES string of the molecule is CCCNCc1ccc(F)c(-c2cccc(F)c2F)c1. The smallest absolute Gasteiger partial charge is 0.166 e. The van der Waals surface area contributed by atoms with Gasteiger partial charge in [-0.3, -0.25) is 0 Å². The Morgan fingerprint density at radius 2 is 1.75 bits per heavy atom. The van der Waals surface area contributed by atoms with E-state index in [-0.39, 0.29) is 11.1 Å². The summed E-state index contributed by atoms with van der Waals surface area (Å²) < 4.78 is 40.8. The minimum Gasteiger partial charge on any atom is -0.313 e. The van der Waals surface area contributed by atoms with Gasteiger partial charge in [-0.15, -0.1) is 0 Å². The van der Waals surface area contributed by atoms with E-state index in [1.54, 1.807) is 12.1 Å². The van der Waals surface area contributed by atoms with Gasteiger partial charge in [-0.25, -0.2) is 13.2 Å². The summed E-state index contributed by atoms with van der Waals surface area (Å²) in [6.45, 7) is 3.46. The molecule has 0 aliphatic rings. The van der Waals surface area contributed by atoms with Gasteiger partial charge in [-0.2, -0.15) is 0 Å². The molecule has 0 bridgehead atoms. The first kappa shape index (κ1) is 14.6. The molecule has 0 fully saturated rings. The van der Waals surface area contributed by atoms with Gasteiger partial charge in [0, 0.05) is 17.7 Å². The third-order valence-corrected chi connectivity index (χ3v) is 3.03. The molecule has 0 unspecified atom stereocenters. The van der Waals surface area contributed by atoms with Gasteiger partial charge in [-0.05, 0) is 36.7 Å². The summed E-state index contributed by atoms with van der Waals surface area (Å²) in [5.74, 6) is -2.56. The van der Waals surface area contributed by atoms with Gasteiger partial charge in [0.2, 0.25) is 0 Å². The highest BCUT2D eigenvalue weighted by Gasteiger charge is 2.13. The average molecular weight is 279 g/mol. The lowest BCUT2D eigenvalue weighted by Gasteiger charge is -2.09. The number of hydrogen-bond donors (Lipinski definition) is 1. The Balaban J connectivity index is 2.35. The molecule has 0 saturated heterocycles. The van der Waals surface area contributed by atoms with E-state index in [2.05, 4.69) is 5.32 Å². The molecule has 0 heterocycles. The van der Waals surface area contributed by atoms with Crippen molar-refractivity contribution in [1.29, 1.82) is 0 Å². The first-order chi connectivity index (χ1) is 9.63. The largest absolute Gasteiger partial charge is 0.313 e.